The Bertz CT molecular complexity index is 481. The number of nitrogens with one attached hydrogen (secondary N) is 1. The first-order chi connectivity index (χ1) is 7.42. The summed E-state index contributed by atoms with van der Waals surface area (Å²) >= 11 is 0. The molecule has 1 aromatic carbocycles. The summed E-state index contributed by atoms with van der Waals surface area (Å²) in [5, 5.41) is 1.97. The smallest absolute Gasteiger partial charge is 0.310 e. The van der Waals surface area contributed by atoms with Crippen LogP contribution in [0.25, 0.3) is 0 Å². The molecule has 0 saturated heterocycles. The lowest BCUT2D eigenvalue weighted by Crippen LogP contribution is -2.10. The maximum absolute atomic E-state index is 12.4. The van der Waals surface area contributed by atoms with Gasteiger partial charge in [0.15, 0.2) is 0 Å². The zero-order chi connectivity index (χ0) is 13.4. The van der Waals surface area contributed by atoms with Gasteiger partial charge in [-0.2, -0.15) is 0 Å². The number of hydrogen-bond donors (Lipinski definition) is 1. The van der Waals surface area contributed by atoms with Gasteiger partial charge in [0.25, 0.3) is 0 Å². The minimum absolute atomic E-state index is 0.183. The third kappa shape index (κ3) is 3.74. The molecule has 0 unspecified atom stereocenters. The van der Waals surface area contributed by atoms with Crippen molar-refractivity contribution in [2.24, 2.45) is 0 Å². The lowest BCUT2D eigenvalue weighted by atomic mass is 10.3. The SMILES string of the molecule is C=CC(=O)Nc1cccc(S(F)(F)(F)(F)F)c1. The summed E-state index contributed by atoms with van der Waals surface area (Å²) in [6.45, 7) is 3.08. The predicted octanol–water partition coefficient (Wildman–Crippen LogP) is 4.47. The number of anilines is 1. The van der Waals surface area contributed by atoms with Crippen molar-refractivity contribution in [1.82, 2.24) is 0 Å². The van der Waals surface area contributed by atoms with E-state index < -0.39 is 21.0 Å². The van der Waals surface area contributed by atoms with Crippen molar-refractivity contribution >= 4 is 21.8 Å². The Balaban J connectivity index is 3.20. The minimum Gasteiger partial charge on any atom is -0.322 e. The fourth-order valence-corrected chi connectivity index (χ4v) is 1.69. The monoisotopic (exact) mass is 273 g/mol. The number of amides is 1. The quantitative estimate of drug-likeness (QED) is 0.639. The highest BCUT2D eigenvalue weighted by molar-refractivity contribution is 8.45. The van der Waals surface area contributed by atoms with Crippen LogP contribution in [0, 0.1) is 0 Å². The molecule has 17 heavy (non-hydrogen) atoms. The van der Waals surface area contributed by atoms with Crippen molar-refractivity contribution in [3.63, 3.8) is 0 Å². The Morgan fingerprint density at radius 1 is 1.24 bits per heavy atom. The Hall–Kier alpha value is -1.57. The molecule has 0 saturated carbocycles. The van der Waals surface area contributed by atoms with Crippen molar-refractivity contribution in [3.8, 4) is 0 Å². The summed E-state index contributed by atoms with van der Waals surface area (Å²) in [5.41, 5.74) is -0.374. The highest BCUT2D eigenvalue weighted by atomic mass is 32.5. The highest BCUT2D eigenvalue weighted by Crippen LogP contribution is 3.02. The molecule has 1 N–H and O–H groups in total. The van der Waals surface area contributed by atoms with Gasteiger partial charge in [-0.05, 0) is 24.3 Å². The van der Waals surface area contributed by atoms with E-state index >= 15 is 0 Å². The molecule has 0 aromatic heterocycles. The molecule has 0 bridgehead atoms. The molecule has 0 spiro atoms. The van der Waals surface area contributed by atoms with Gasteiger partial charge < -0.3 is 5.32 Å². The average molecular weight is 273 g/mol. The number of carbonyl (C=O) groups is 1. The molecule has 1 amide bonds. The van der Waals surface area contributed by atoms with Gasteiger partial charge in [0.05, 0.1) is 0 Å². The molecular formula is C9H8F5NOS. The van der Waals surface area contributed by atoms with Gasteiger partial charge in [-0.15, -0.1) is 0 Å². The zero-order valence-corrected chi connectivity index (χ0v) is 9.12. The third-order valence-electron chi connectivity index (χ3n) is 1.73. The van der Waals surface area contributed by atoms with Crippen LogP contribution < -0.4 is 5.32 Å². The van der Waals surface area contributed by atoms with E-state index in [0.29, 0.717) is 0 Å². The predicted molar refractivity (Wildman–Crippen MR) is 56.7 cm³/mol. The maximum Gasteiger partial charge on any atom is 0.310 e. The van der Waals surface area contributed by atoms with Crippen molar-refractivity contribution in [3.05, 3.63) is 36.9 Å². The number of rotatable bonds is 3. The Labute approximate surface area is 93.8 Å². The molecule has 0 fully saturated rings. The third-order valence-corrected chi connectivity index (χ3v) is 2.88. The molecule has 0 aliphatic rings. The van der Waals surface area contributed by atoms with Crippen LogP contribution in [-0.4, -0.2) is 5.91 Å². The normalized spacial score (nSPS) is 15.6. The number of benzene rings is 1. The Kier molecular flexibility index (Phi) is 2.56. The number of hydrogen-bond acceptors (Lipinski definition) is 1. The van der Waals surface area contributed by atoms with Crippen LogP contribution in [0.2, 0.25) is 0 Å². The molecule has 0 radical (unpaired) electrons. The summed E-state index contributed by atoms with van der Waals surface area (Å²) in [4.78, 5) is 8.76. The van der Waals surface area contributed by atoms with E-state index in [1.807, 2.05) is 5.32 Å². The van der Waals surface area contributed by atoms with Gasteiger partial charge in [0, 0.05) is 5.69 Å². The second kappa shape index (κ2) is 3.22. The minimum atomic E-state index is -9.71. The largest absolute Gasteiger partial charge is 0.322 e. The zero-order valence-electron chi connectivity index (χ0n) is 8.30. The standard InChI is InChI=1S/C9H8F5NOS/c1-2-9(16)15-7-4-3-5-8(6-7)17(10,11,12,13)14/h2-6H,1H2,(H,15,16). The van der Waals surface area contributed by atoms with Crippen LogP contribution >= 0.6 is 10.2 Å². The van der Waals surface area contributed by atoms with Gasteiger partial charge in [0.2, 0.25) is 5.91 Å². The van der Waals surface area contributed by atoms with Crippen molar-refractivity contribution in [2.75, 3.05) is 5.32 Å². The molecule has 1 aromatic rings. The lowest BCUT2D eigenvalue weighted by Gasteiger charge is -2.40. The van der Waals surface area contributed by atoms with E-state index in [9.17, 15) is 24.2 Å². The summed E-state index contributed by atoms with van der Waals surface area (Å²) in [5.74, 6) is -0.788. The molecule has 8 heteroatoms. The van der Waals surface area contributed by atoms with Crippen LogP contribution in [0.5, 0.6) is 0 Å². The summed E-state index contributed by atoms with van der Waals surface area (Å²) < 4.78 is 62.1. The van der Waals surface area contributed by atoms with Crippen LogP contribution in [0.15, 0.2) is 41.8 Å². The lowest BCUT2D eigenvalue weighted by molar-refractivity contribution is -0.111. The number of carbonyl (C=O) groups excluding carboxylic acids is 1. The van der Waals surface area contributed by atoms with E-state index in [4.69, 9.17) is 0 Å². The van der Waals surface area contributed by atoms with E-state index in [1.165, 1.54) is 0 Å². The van der Waals surface area contributed by atoms with Crippen LogP contribution in [0.1, 0.15) is 0 Å². The first-order valence-corrected chi connectivity index (χ1v) is 6.15. The highest BCUT2D eigenvalue weighted by Gasteiger charge is 2.65. The van der Waals surface area contributed by atoms with E-state index in [1.54, 1.807) is 0 Å². The van der Waals surface area contributed by atoms with Gasteiger partial charge in [-0.25, -0.2) is 0 Å². The number of halogens is 5. The van der Waals surface area contributed by atoms with Gasteiger partial charge >= 0.3 is 10.2 Å². The second-order valence-electron chi connectivity index (χ2n) is 3.19. The fraction of sp³-hybridized carbons (Fsp3) is 0. The average Bonchev–Trinajstić information content (AvgIpc) is 2.14. The topological polar surface area (TPSA) is 29.1 Å². The van der Waals surface area contributed by atoms with Gasteiger partial charge in [-0.3, -0.25) is 4.79 Å². The Morgan fingerprint density at radius 2 is 1.82 bits per heavy atom. The molecule has 0 aliphatic heterocycles. The summed E-state index contributed by atoms with van der Waals surface area (Å²) in [6, 6.07) is 2.29. The van der Waals surface area contributed by atoms with Crippen LogP contribution in [0.4, 0.5) is 25.1 Å². The maximum atomic E-state index is 12.4. The van der Waals surface area contributed by atoms with Crippen molar-refractivity contribution in [2.45, 2.75) is 4.90 Å². The van der Waals surface area contributed by atoms with Gasteiger partial charge in [0.1, 0.15) is 4.90 Å². The van der Waals surface area contributed by atoms with Crippen molar-refractivity contribution < 1.29 is 24.2 Å². The Morgan fingerprint density at radius 3 is 2.29 bits per heavy atom. The molecule has 0 atom stereocenters. The fourth-order valence-electron chi connectivity index (χ4n) is 1.01. The summed E-state index contributed by atoms with van der Waals surface area (Å²) in [7, 11) is -9.71. The van der Waals surface area contributed by atoms with Gasteiger partial charge in [-0.1, -0.05) is 32.1 Å². The van der Waals surface area contributed by atoms with E-state index in [-0.39, 0.29) is 17.8 Å². The molecule has 1 rings (SSSR count). The molecular weight excluding hydrogens is 265 g/mol. The van der Waals surface area contributed by atoms with E-state index in [2.05, 4.69) is 6.58 Å². The second-order valence-corrected chi connectivity index (χ2v) is 5.60. The summed E-state index contributed by atoms with van der Waals surface area (Å²) in [6.07, 6.45) is 0.812. The molecule has 0 aliphatic carbocycles. The molecule has 2 nitrogen and oxygen atoms in total. The first kappa shape index (κ1) is 13.5. The van der Waals surface area contributed by atoms with Crippen LogP contribution in [-0.2, 0) is 4.79 Å². The van der Waals surface area contributed by atoms with E-state index in [0.717, 1.165) is 18.2 Å². The molecule has 0 heterocycles. The first-order valence-electron chi connectivity index (χ1n) is 4.20. The van der Waals surface area contributed by atoms with Crippen molar-refractivity contribution in [1.29, 1.82) is 0 Å². The van der Waals surface area contributed by atoms with Crippen LogP contribution in [0.3, 0.4) is 0 Å². The molecule has 96 valence electrons.